The molecule has 136 valence electrons. The summed E-state index contributed by atoms with van der Waals surface area (Å²) >= 11 is 0. The topological polar surface area (TPSA) is 88.9 Å². The van der Waals surface area contributed by atoms with E-state index in [0.717, 1.165) is 6.42 Å². The standard InChI is InChI=1S/C19H20N2O5/c1-25-19(24)13-4-2-6-16(10-13)20-17(22)14-5-3-8-21(11-14)18(23)15-7-9-26-12-15/h2,4,6-7,9-10,12,14H,3,5,8,11H2,1H3,(H,20,22). The Labute approximate surface area is 150 Å². The van der Waals surface area contributed by atoms with Crippen LogP contribution in [0.5, 0.6) is 0 Å². The highest BCUT2D eigenvalue weighted by Gasteiger charge is 2.29. The molecular formula is C19H20N2O5. The molecular weight excluding hydrogens is 336 g/mol. The normalized spacial score (nSPS) is 16.8. The Hall–Kier alpha value is -3.09. The van der Waals surface area contributed by atoms with Crippen molar-refractivity contribution in [3.63, 3.8) is 0 Å². The van der Waals surface area contributed by atoms with Crippen LogP contribution < -0.4 is 5.32 Å². The van der Waals surface area contributed by atoms with Crippen LogP contribution in [0.1, 0.15) is 33.6 Å². The van der Waals surface area contributed by atoms with Crippen molar-refractivity contribution in [3.8, 4) is 0 Å². The van der Waals surface area contributed by atoms with Crippen molar-refractivity contribution in [3.05, 3.63) is 54.0 Å². The zero-order chi connectivity index (χ0) is 18.5. The van der Waals surface area contributed by atoms with Crippen LogP contribution in [-0.2, 0) is 9.53 Å². The van der Waals surface area contributed by atoms with Gasteiger partial charge >= 0.3 is 5.97 Å². The minimum Gasteiger partial charge on any atom is -0.472 e. The molecule has 1 aromatic heterocycles. The molecule has 1 unspecified atom stereocenters. The maximum absolute atomic E-state index is 12.6. The van der Waals surface area contributed by atoms with Crippen molar-refractivity contribution in [2.75, 3.05) is 25.5 Å². The number of rotatable bonds is 4. The van der Waals surface area contributed by atoms with Crippen molar-refractivity contribution < 1.29 is 23.5 Å². The van der Waals surface area contributed by atoms with Crippen molar-refractivity contribution in [1.82, 2.24) is 4.90 Å². The fourth-order valence-electron chi connectivity index (χ4n) is 3.03. The molecule has 2 amide bonds. The number of methoxy groups -OCH3 is 1. The molecule has 2 heterocycles. The second-order valence-electron chi connectivity index (χ2n) is 6.16. The number of amides is 2. The molecule has 26 heavy (non-hydrogen) atoms. The summed E-state index contributed by atoms with van der Waals surface area (Å²) in [5.74, 6) is -1.07. The summed E-state index contributed by atoms with van der Waals surface area (Å²) in [5.41, 5.74) is 1.37. The van der Waals surface area contributed by atoms with Gasteiger partial charge < -0.3 is 19.4 Å². The van der Waals surface area contributed by atoms with Gasteiger partial charge in [0.05, 0.1) is 30.4 Å². The van der Waals surface area contributed by atoms with Gasteiger partial charge in [-0.1, -0.05) is 6.07 Å². The second-order valence-corrected chi connectivity index (χ2v) is 6.16. The Morgan fingerprint density at radius 2 is 2.08 bits per heavy atom. The van der Waals surface area contributed by atoms with E-state index in [-0.39, 0.29) is 17.7 Å². The molecule has 7 heteroatoms. The number of carbonyl (C=O) groups excluding carboxylic acids is 3. The summed E-state index contributed by atoms with van der Waals surface area (Å²) in [6.07, 6.45) is 4.32. The van der Waals surface area contributed by atoms with Crippen LogP contribution in [0.2, 0.25) is 0 Å². The first-order valence-electron chi connectivity index (χ1n) is 8.39. The number of anilines is 1. The molecule has 0 aliphatic carbocycles. The molecule has 1 atom stereocenters. The van der Waals surface area contributed by atoms with Crippen LogP contribution in [0.15, 0.2) is 47.3 Å². The minimum atomic E-state index is -0.462. The zero-order valence-corrected chi connectivity index (χ0v) is 14.4. The van der Waals surface area contributed by atoms with E-state index in [9.17, 15) is 14.4 Å². The van der Waals surface area contributed by atoms with Crippen molar-refractivity contribution >= 4 is 23.5 Å². The van der Waals surface area contributed by atoms with Crippen LogP contribution in [-0.4, -0.2) is 42.9 Å². The fourth-order valence-corrected chi connectivity index (χ4v) is 3.03. The zero-order valence-electron chi connectivity index (χ0n) is 14.4. The Balaban J connectivity index is 1.64. The number of nitrogens with one attached hydrogen (secondary N) is 1. The van der Waals surface area contributed by atoms with Crippen LogP contribution in [0, 0.1) is 5.92 Å². The van der Waals surface area contributed by atoms with Gasteiger partial charge in [0.25, 0.3) is 5.91 Å². The summed E-state index contributed by atoms with van der Waals surface area (Å²) in [6.45, 7) is 0.970. The van der Waals surface area contributed by atoms with Crippen molar-refractivity contribution in [2.45, 2.75) is 12.8 Å². The number of nitrogens with zero attached hydrogens (tertiary/aromatic N) is 1. The van der Waals surface area contributed by atoms with Crippen LogP contribution in [0.4, 0.5) is 5.69 Å². The smallest absolute Gasteiger partial charge is 0.337 e. The number of likely N-dealkylation sites (tertiary alicyclic amines) is 1. The number of furan rings is 1. The molecule has 1 aliphatic heterocycles. The summed E-state index contributed by atoms with van der Waals surface area (Å²) in [4.78, 5) is 38.3. The predicted molar refractivity (Wildman–Crippen MR) is 93.7 cm³/mol. The molecule has 3 rings (SSSR count). The van der Waals surface area contributed by atoms with E-state index in [4.69, 9.17) is 4.42 Å². The van der Waals surface area contributed by atoms with Crippen LogP contribution in [0.25, 0.3) is 0 Å². The third kappa shape index (κ3) is 3.93. The molecule has 1 fully saturated rings. The highest BCUT2D eigenvalue weighted by Crippen LogP contribution is 2.21. The van der Waals surface area contributed by atoms with Crippen molar-refractivity contribution in [1.29, 1.82) is 0 Å². The maximum Gasteiger partial charge on any atom is 0.337 e. The summed E-state index contributed by atoms with van der Waals surface area (Å²) < 4.78 is 9.64. The Bertz CT molecular complexity index is 800. The quantitative estimate of drug-likeness (QED) is 0.851. The first-order valence-corrected chi connectivity index (χ1v) is 8.39. The monoisotopic (exact) mass is 356 g/mol. The number of esters is 1. The highest BCUT2D eigenvalue weighted by atomic mass is 16.5. The molecule has 1 saturated heterocycles. The van der Waals surface area contributed by atoms with Gasteiger partial charge in [0, 0.05) is 18.8 Å². The number of ether oxygens (including phenoxy) is 1. The van der Waals surface area contributed by atoms with E-state index in [0.29, 0.717) is 36.3 Å². The number of hydrogen-bond donors (Lipinski definition) is 1. The molecule has 1 aliphatic rings. The lowest BCUT2D eigenvalue weighted by Crippen LogP contribution is -2.43. The van der Waals surface area contributed by atoms with Gasteiger partial charge in [-0.3, -0.25) is 9.59 Å². The predicted octanol–water partition coefficient (Wildman–Crippen LogP) is 2.56. The van der Waals surface area contributed by atoms with Crippen LogP contribution >= 0.6 is 0 Å². The molecule has 1 N–H and O–H groups in total. The number of piperidine rings is 1. The highest BCUT2D eigenvalue weighted by molar-refractivity contribution is 5.97. The average Bonchev–Trinajstić information content (AvgIpc) is 3.22. The number of benzene rings is 1. The molecule has 0 radical (unpaired) electrons. The first-order chi connectivity index (χ1) is 12.6. The molecule has 0 bridgehead atoms. The van der Waals surface area contributed by atoms with Gasteiger partial charge in [-0.25, -0.2) is 4.79 Å². The molecule has 2 aromatic rings. The maximum atomic E-state index is 12.6. The van der Waals surface area contributed by atoms with E-state index in [1.807, 2.05) is 0 Å². The van der Waals surface area contributed by atoms with Gasteiger partial charge in [-0.2, -0.15) is 0 Å². The number of hydrogen-bond acceptors (Lipinski definition) is 5. The largest absolute Gasteiger partial charge is 0.472 e. The average molecular weight is 356 g/mol. The fraction of sp³-hybridized carbons (Fsp3) is 0.316. The van der Waals surface area contributed by atoms with Crippen LogP contribution in [0.3, 0.4) is 0 Å². The summed E-state index contributed by atoms with van der Waals surface area (Å²) in [6, 6.07) is 8.19. The lowest BCUT2D eigenvalue weighted by atomic mass is 9.96. The number of carbonyl (C=O) groups is 3. The molecule has 7 nitrogen and oxygen atoms in total. The van der Waals surface area contributed by atoms with Gasteiger partial charge in [0.2, 0.25) is 5.91 Å². The molecule has 0 saturated carbocycles. The van der Waals surface area contributed by atoms with E-state index in [1.54, 1.807) is 35.2 Å². The third-order valence-electron chi connectivity index (χ3n) is 4.40. The second kappa shape index (κ2) is 7.86. The lowest BCUT2D eigenvalue weighted by molar-refractivity contribution is -0.121. The third-order valence-corrected chi connectivity index (χ3v) is 4.40. The van der Waals surface area contributed by atoms with Gasteiger partial charge in [-0.05, 0) is 37.1 Å². The van der Waals surface area contributed by atoms with E-state index in [2.05, 4.69) is 10.1 Å². The molecule has 0 spiro atoms. The minimum absolute atomic E-state index is 0.135. The van der Waals surface area contributed by atoms with Gasteiger partial charge in [0.15, 0.2) is 0 Å². The SMILES string of the molecule is COC(=O)c1cccc(NC(=O)C2CCCN(C(=O)c3ccoc3)C2)c1. The Morgan fingerprint density at radius 1 is 1.23 bits per heavy atom. The summed E-state index contributed by atoms with van der Waals surface area (Å²) in [5, 5.41) is 2.82. The summed E-state index contributed by atoms with van der Waals surface area (Å²) in [7, 11) is 1.31. The van der Waals surface area contributed by atoms with E-state index >= 15 is 0 Å². The molecule has 1 aromatic carbocycles. The van der Waals surface area contributed by atoms with E-state index < -0.39 is 5.97 Å². The lowest BCUT2D eigenvalue weighted by Gasteiger charge is -2.31. The van der Waals surface area contributed by atoms with Crippen molar-refractivity contribution in [2.24, 2.45) is 5.92 Å². The Morgan fingerprint density at radius 3 is 2.81 bits per heavy atom. The Kier molecular flexibility index (Phi) is 5.36. The first kappa shape index (κ1) is 17.7. The van der Waals surface area contributed by atoms with Gasteiger partial charge in [0.1, 0.15) is 6.26 Å². The van der Waals surface area contributed by atoms with E-state index in [1.165, 1.54) is 19.6 Å². The van der Waals surface area contributed by atoms with Gasteiger partial charge in [-0.15, -0.1) is 0 Å².